The summed E-state index contributed by atoms with van der Waals surface area (Å²) < 4.78 is 0. The third kappa shape index (κ3) is 21.8. The summed E-state index contributed by atoms with van der Waals surface area (Å²) in [5.41, 5.74) is 0. The Balaban J connectivity index is 4.37. The number of rotatable bonds is 15. The highest BCUT2D eigenvalue weighted by atomic mass is 16.3. The van der Waals surface area contributed by atoms with Gasteiger partial charge in [0, 0.05) is 74.0 Å². The lowest BCUT2D eigenvalue weighted by molar-refractivity contribution is -0.157. The summed E-state index contributed by atoms with van der Waals surface area (Å²) in [6, 6.07) is -9.45. The molecule has 0 aromatic rings. The first-order valence-corrected chi connectivity index (χ1v) is 31.4. The maximum atomic E-state index is 15.2. The van der Waals surface area contributed by atoms with Crippen molar-refractivity contribution in [2.75, 3.05) is 55.9 Å². The van der Waals surface area contributed by atoms with Crippen LogP contribution in [0.3, 0.4) is 0 Å². The van der Waals surface area contributed by atoms with E-state index in [1.807, 2.05) is 68.4 Å². The number of carbonyl (C=O) groups is 11. The Bertz CT molecular complexity index is 2350. The number of allylic oxidation sites excluding steroid dienone is 2. The van der Waals surface area contributed by atoms with Crippen LogP contribution in [0.15, 0.2) is 12.2 Å². The van der Waals surface area contributed by atoms with Gasteiger partial charge < -0.3 is 50.0 Å². The van der Waals surface area contributed by atoms with Gasteiger partial charge in [0.15, 0.2) is 11.6 Å². The van der Waals surface area contributed by atoms with Crippen molar-refractivity contribution in [2.45, 2.75) is 224 Å². The van der Waals surface area contributed by atoms with Gasteiger partial charge in [-0.15, -0.1) is 0 Å². The third-order valence-electron chi connectivity index (χ3n) is 16.9. The fraction of sp³-hybridized carbons (Fsp3) is 0.800. The van der Waals surface area contributed by atoms with Gasteiger partial charge in [0.1, 0.15) is 42.3 Å². The molecular weight excluding hydrogens is 1100 g/mol. The highest BCUT2D eigenvalue weighted by Gasteiger charge is 2.46. The number of Topliss-reactive ketones (excluding diaryl/α,β-unsaturated/α-hetero) is 2. The molecule has 9 amide bonds. The van der Waals surface area contributed by atoms with E-state index in [0.29, 0.717) is 6.42 Å². The van der Waals surface area contributed by atoms with Gasteiger partial charge in [0.25, 0.3) is 0 Å². The van der Waals surface area contributed by atoms with Crippen molar-refractivity contribution in [3.05, 3.63) is 12.2 Å². The number of nitrogens with zero attached hydrogens (tertiary/aromatic N) is 7. The van der Waals surface area contributed by atoms with Gasteiger partial charge in [-0.1, -0.05) is 123 Å². The third-order valence-corrected chi connectivity index (χ3v) is 16.9. The van der Waals surface area contributed by atoms with Crippen LogP contribution in [0.2, 0.25) is 0 Å². The zero-order valence-electron chi connectivity index (χ0n) is 57.3. The minimum Gasteiger partial charge on any atom is -0.390 e. The highest BCUT2D eigenvalue weighted by Crippen LogP contribution is 2.28. The van der Waals surface area contributed by atoms with Gasteiger partial charge in [0.05, 0.1) is 18.7 Å². The average Bonchev–Trinajstić information content (AvgIpc) is 2.16. The topological polar surface area (TPSA) is 255 Å². The first-order valence-electron chi connectivity index (χ1n) is 31.4. The predicted octanol–water partition coefficient (Wildman–Crippen LogP) is 5.70. The largest absolute Gasteiger partial charge is 0.390 e. The fourth-order valence-corrected chi connectivity index (χ4v) is 11.4. The molecule has 12 atom stereocenters. The second-order valence-corrected chi connectivity index (χ2v) is 27.5. The SMILES string of the molecule is C/C=C/C[C@@H](C)[C@@H](O)[C@H]1C(=O)C[C@@H](C(C)C)C(=O)N(C)CC(=O)N(C)[C@@H](CC(C)C)C(=O)N[C@@H](C(C)C)C(=O)N(C)[C@@H](CC(C)C)C(=O)C[C@@H](C)C(=O)N[C@H](C)C(=O)N(C)[C@@H](CC(C)C)C(=O)N(C)[C@@H](CC(C)C)C(=O)N(C)[C@@H](C(C)C)C(=O)N1C. The molecule has 1 rings (SSSR count). The van der Waals surface area contributed by atoms with E-state index in [4.69, 9.17) is 0 Å². The van der Waals surface area contributed by atoms with Gasteiger partial charge in [-0.05, 0) is 93.3 Å². The van der Waals surface area contributed by atoms with E-state index in [2.05, 4.69) is 10.6 Å². The molecule has 1 saturated heterocycles. The lowest BCUT2D eigenvalue weighted by atomic mass is 9.83. The van der Waals surface area contributed by atoms with E-state index >= 15 is 14.4 Å². The van der Waals surface area contributed by atoms with Crippen LogP contribution in [0.5, 0.6) is 0 Å². The number of aliphatic hydroxyl groups excluding tert-OH is 1. The van der Waals surface area contributed by atoms with Crippen molar-refractivity contribution in [3.8, 4) is 0 Å². The second-order valence-electron chi connectivity index (χ2n) is 27.5. The number of nitrogens with one attached hydrogen (secondary N) is 2. The quantitative estimate of drug-likeness (QED) is 0.167. The summed E-state index contributed by atoms with van der Waals surface area (Å²) in [5.74, 6) is -11.1. The maximum Gasteiger partial charge on any atom is 0.246 e. The Morgan fingerprint density at radius 2 is 0.907 bits per heavy atom. The van der Waals surface area contributed by atoms with Crippen molar-refractivity contribution in [2.24, 2.45) is 59.2 Å². The van der Waals surface area contributed by atoms with E-state index in [9.17, 15) is 43.5 Å². The molecule has 86 heavy (non-hydrogen) atoms. The molecule has 1 heterocycles. The summed E-state index contributed by atoms with van der Waals surface area (Å²) >= 11 is 0. The summed E-state index contributed by atoms with van der Waals surface area (Å²) in [4.78, 5) is 170. The number of ketones is 2. The van der Waals surface area contributed by atoms with Crippen LogP contribution >= 0.6 is 0 Å². The van der Waals surface area contributed by atoms with E-state index in [-0.39, 0.29) is 55.8 Å². The van der Waals surface area contributed by atoms with Crippen LogP contribution in [-0.2, 0) is 52.7 Å². The maximum absolute atomic E-state index is 15.2. The average molecular weight is 1210 g/mol. The van der Waals surface area contributed by atoms with Crippen molar-refractivity contribution >= 4 is 64.7 Å². The Kier molecular flexibility index (Phi) is 32.1. The Morgan fingerprint density at radius 3 is 1.36 bits per heavy atom. The number of aliphatic hydroxyl groups is 1. The lowest BCUT2D eigenvalue weighted by Crippen LogP contribution is -2.61. The van der Waals surface area contributed by atoms with E-state index in [0.717, 1.165) is 4.90 Å². The van der Waals surface area contributed by atoms with Gasteiger partial charge >= 0.3 is 0 Å². The van der Waals surface area contributed by atoms with Crippen molar-refractivity contribution in [1.29, 1.82) is 0 Å². The number of hydrogen-bond acceptors (Lipinski definition) is 12. The standard InChI is InChI=1S/C65H115N9O12/c1-26-27-28-43(16)57(78)56-52(76)34-46(40(10)11)61(82)68(19)35-53(77)69(20)48(30-37(4)5)59(80)67-54(41(12)13)64(85)70(21)47(29-36(2)3)51(75)33-44(17)58(79)66-45(18)60(81)71(22)49(31-38(6)7)62(83)72(23)50(32-39(8)9)63(84)73(24)55(42(14)15)65(86)74(56)25/h26-27,36-50,54-57,78H,28-35H2,1-25H3,(H,66,79)(H,67,80)/b27-26+/t43-,44-,45-,46+,47+,48+,49+,50+,54+,55+,56-,57-/m1/s1. The Hall–Kier alpha value is -5.73. The van der Waals surface area contributed by atoms with Crippen LogP contribution in [0.4, 0.5) is 0 Å². The normalized spacial score (nSPS) is 27.0. The Morgan fingerprint density at radius 1 is 0.465 bits per heavy atom. The summed E-state index contributed by atoms with van der Waals surface area (Å²) in [6.45, 7) is 31.7. The molecule has 0 unspecified atom stereocenters. The van der Waals surface area contributed by atoms with Gasteiger partial charge in [-0.2, -0.15) is 0 Å². The molecule has 492 valence electrons. The van der Waals surface area contributed by atoms with Gasteiger partial charge in [-0.3, -0.25) is 52.7 Å². The van der Waals surface area contributed by atoms with Gasteiger partial charge in [0.2, 0.25) is 53.2 Å². The molecule has 0 aliphatic carbocycles. The molecule has 0 aromatic carbocycles. The van der Waals surface area contributed by atoms with Crippen LogP contribution in [-0.4, -0.2) is 214 Å². The van der Waals surface area contributed by atoms with Crippen molar-refractivity contribution in [3.63, 3.8) is 0 Å². The Labute approximate surface area is 516 Å². The first-order chi connectivity index (χ1) is 39.6. The molecule has 0 aromatic heterocycles. The molecule has 21 nitrogen and oxygen atoms in total. The number of likely N-dealkylation sites (N-methyl/N-ethyl adjacent to an activating group) is 7. The van der Waals surface area contributed by atoms with Crippen LogP contribution in [0, 0.1) is 59.2 Å². The summed E-state index contributed by atoms with van der Waals surface area (Å²) in [7, 11) is 10.1. The summed E-state index contributed by atoms with van der Waals surface area (Å²) in [5, 5.41) is 17.8. The van der Waals surface area contributed by atoms with E-state index in [1.54, 1.807) is 61.5 Å². The number of hydrogen-bond donors (Lipinski definition) is 3. The van der Waals surface area contributed by atoms with Crippen molar-refractivity contribution in [1.82, 2.24) is 44.9 Å². The molecule has 3 N–H and O–H groups in total. The van der Waals surface area contributed by atoms with Crippen LogP contribution < -0.4 is 10.6 Å². The molecule has 0 bridgehead atoms. The minimum absolute atomic E-state index is 0.0869. The molecule has 0 spiro atoms. The smallest absolute Gasteiger partial charge is 0.246 e. The zero-order valence-corrected chi connectivity index (χ0v) is 57.3. The number of amides is 9. The molecular formula is C65H115N9O12. The second kappa shape index (κ2) is 35.3. The minimum atomic E-state index is -1.51. The van der Waals surface area contributed by atoms with E-state index in [1.165, 1.54) is 85.7 Å². The molecule has 1 aliphatic heterocycles. The predicted molar refractivity (Wildman–Crippen MR) is 335 cm³/mol. The molecule has 21 heteroatoms. The number of carbonyl (C=O) groups excluding carboxylic acids is 11. The lowest BCUT2D eigenvalue weighted by Gasteiger charge is -2.41. The van der Waals surface area contributed by atoms with E-state index < -0.39 is 168 Å². The monoisotopic (exact) mass is 1210 g/mol. The van der Waals surface area contributed by atoms with Crippen LogP contribution in [0.1, 0.15) is 170 Å². The van der Waals surface area contributed by atoms with Crippen LogP contribution in [0.25, 0.3) is 0 Å². The van der Waals surface area contributed by atoms with Crippen molar-refractivity contribution < 1.29 is 57.8 Å². The first kappa shape index (κ1) is 78.3. The fourth-order valence-electron chi connectivity index (χ4n) is 11.4. The molecule has 1 fully saturated rings. The molecule has 0 radical (unpaired) electrons. The highest BCUT2D eigenvalue weighted by molar-refractivity contribution is 5.99. The van der Waals surface area contributed by atoms with Gasteiger partial charge in [-0.25, -0.2) is 0 Å². The summed E-state index contributed by atoms with van der Waals surface area (Å²) in [6.07, 6.45) is 2.52. The molecule has 0 saturated carbocycles. The zero-order chi connectivity index (χ0) is 66.8. The molecule has 1 aliphatic rings.